The van der Waals surface area contributed by atoms with E-state index in [1.807, 2.05) is 25.7 Å². The maximum atomic E-state index is 11.5. The summed E-state index contributed by atoms with van der Waals surface area (Å²) >= 11 is 0. The normalized spacial score (nSPS) is 23.7. The average molecular weight is 249 g/mol. The summed E-state index contributed by atoms with van der Waals surface area (Å²) in [6.45, 7) is 7.06. The van der Waals surface area contributed by atoms with E-state index in [0.717, 1.165) is 5.56 Å². The van der Waals surface area contributed by atoms with Gasteiger partial charge in [0.15, 0.2) is 0 Å². The Labute approximate surface area is 107 Å². The highest BCUT2D eigenvalue weighted by Crippen LogP contribution is 2.39. The maximum Gasteiger partial charge on any atom is 0.311 e. The highest BCUT2D eigenvalue weighted by atomic mass is 16.4. The molecule has 0 aromatic carbocycles. The number of aliphatic carboxylic acids is 1. The van der Waals surface area contributed by atoms with E-state index < -0.39 is 11.4 Å². The number of nitrogens with zero attached hydrogens (tertiary/aromatic N) is 3. The third-order valence-electron chi connectivity index (χ3n) is 3.88. The fourth-order valence-corrected chi connectivity index (χ4v) is 2.45. The van der Waals surface area contributed by atoms with E-state index in [0.29, 0.717) is 25.5 Å². The first kappa shape index (κ1) is 12.8. The van der Waals surface area contributed by atoms with Crippen LogP contribution in [0.1, 0.15) is 25.8 Å². The molecule has 1 aromatic rings. The molecule has 0 amide bonds. The van der Waals surface area contributed by atoms with E-state index in [9.17, 15) is 9.90 Å². The van der Waals surface area contributed by atoms with Gasteiger partial charge < -0.3 is 10.0 Å². The number of hydrogen-bond acceptors (Lipinski definition) is 4. The Balaban J connectivity index is 2.21. The first-order valence-electron chi connectivity index (χ1n) is 6.23. The standard InChI is InChI=1S/C13H19N3O2/c1-9(2)13(11(17)18)4-5-16(8-13)12-14-6-10(3)7-15-12/h6-7,9H,4-5,8H2,1-3H3,(H,17,18). The molecular weight excluding hydrogens is 230 g/mol. The van der Waals surface area contributed by atoms with Crippen molar-refractivity contribution < 1.29 is 9.90 Å². The number of carboxylic acid groups (broad SMARTS) is 1. The molecule has 0 aliphatic carbocycles. The number of anilines is 1. The van der Waals surface area contributed by atoms with E-state index in [1.54, 1.807) is 12.4 Å². The van der Waals surface area contributed by atoms with E-state index in [4.69, 9.17) is 0 Å². The monoisotopic (exact) mass is 249 g/mol. The van der Waals surface area contributed by atoms with Crippen molar-refractivity contribution in [1.82, 2.24) is 9.97 Å². The molecule has 0 spiro atoms. The Morgan fingerprint density at radius 2 is 2.06 bits per heavy atom. The molecule has 1 saturated heterocycles. The van der Waals surface area contributed by atoms with Gasteiger partial charge >= 0.3 is 5.97 Å². The Morgan fingerprint density at radius 3 is 2.50 bits per heavy atom. The Bertz CT molecular complexity index is 444. The quantitative estimate of drug-likeness (QED) is 0.883. The summed E-state index contributed by atoms with van der Waals surface area (Å²) in [6.07, 6.45) is 4.17. The summed E-state index contributed by atoms with van der Waals surface area (Å²) in [7, 11) is 0. The fourth-order valence-electron chi connectivity index (χ4n) is 2.45. The molecule has 0 bridgehead atoms. The van der Waals surface area contributed by atoms with Gasteiger partial charge in [-0.25, -0.2) is 9.97 Å². The fraction of sp³-hybridized carbons (Fsp3) is 0.615. The smallest absolute Gasteiger partial charge is 0.311 e. The second kappa shape index (κ2) is 4.55. The van der Waals surface area contributed by atoms with Crippen LogP contribution in [0.2, 0.25) is 0 Å². The Morgan fingerprint density at radius 1 is 1.44 bits per heavy atom. The molecule has 2 heterocycles. The summed E-state index contributed by atoms with van der Waals surface area (Å²) in [5.41, 5.74) is 0.333. The van der Waals surface area contributed by atoms with Crippen LogP contribution in [-0.2, 0) is 4.79 Å². The van der Waals surface area contributed by atoms with Gasteiger partial charge in [0.2, 0.25) is 5.95 Å². The van der Waals surface area contributed by atoms with Gasteiger partial charge in [-0.3, -0.25) is 4.79 Å². The number of rotatable bonds is 3. The van der Waals surface area contributed by atoms with E-state index in [2.05, 4.69) is 9.97 Å². The van der Waals surface area contributed by atoms with Crippen molar-refractivity contribution in [3.63, 3.8) is 0 Å². The van der Waals surface area contributed by atoms with Gasteiger partial charge in [-0.15, -0.1) is 0 Å². The molecule has 1 aliphatic heterocycles. The van der Waals surface area contributed by atoms with Crippen molar-refractivity contribution in [1.29, 1.82) is 0 Å². The number of carboxylic acids is 1. The number of hydrogen-bond donors (Lipinski definition) is 1. The lowest BCUT2D eigenvalue weighted by Crippen LogP contribution is -2.39. The lowest BCUT2D eigenvalue weighted by atomic mass is 9.76. The van der Waals surface area contributed by atoms with Crippen LogP contribution in [0.4, 0.5) is 5.95 Å². The van der Waals surface area contributed by atoms with Crippen LogP contribution in [-0.4, -0.2) is 34.1 Å². The van der Waals surface area contributed by atoms with Gasteiger partial charge in [0.1, 0.15) is 0 Å². The molecule has 1 unspecified atom stereocenters. The van der Waals surface area contributed by atoms with Crippen molar-refractivity contribution in [2.45, 2.75) is 27.2 Å². The van der Waals surface area contributed by atoms with E-state index in [-0.39, 0.29) is 5.92 Å². The molecule has 98 valence electrons. The molecule has 1 aliphatic rings. The van der Waals surface area contributed by atoms with Gasteiger partial charge in [-0.05, 0) is 24.8 Å². The molecule has 1 N–H and O–H groups in total. The first-order chi connectivity index (χ1) is 8.45. The zero-order valence-corrected chi connectivity index (χ0v) is 11.1. The minimum atomic E-state index is -0.716. The maximum absolute atomic E-state index is 11.5. The SMILES string of the molecule is Cc1cnc(N2CCC(C(=O)O)(C(C)C)C2)nc1. The molecule has 5 nitrogen and oxygen atoms in total. The van der Waals surface area contributed by atoms with E-state index in [1.165, 1.54) is 0 Å². The predicted molar refractivity (Wildman–Crippen MR) is 68.5 cm³/mol. The Kier molecular flexibility index (Phi) is 3.24. The molecule has 5 heteroatoms. The summed E-state index contributed by atoms with van der Waals surface area (Å²) < 4.78 is 0. The van der Waals surface area contributed by atoms with Crippen molar-refractivity contribution in [3.05, 3.63) is 18.0 Å². The van der Waals surface area contributed by atoms with Crippen LogP contribution in [0.25, 0.3) is 0 Å². The van der Waals surface area contributed by atoms with Gasteiger partial charge in [0.25, 0.3) is 0 Å². The molecular formula is C13H19N3O2. The van der Waals surface area contributed by atoms with Crippen LogP contribution in [0, 0.1) is 18.3 Å². The van der Waals surface area contributed by atoms with E-state index >= 15 is 0 Å². The molecule has 2 rings (SSSR count). The zero-order valence-electron chi connectivity index (χ0n) is 11.1. The van der Waals surface area contributed by atoms with Crippen LogP contribution < -0.4 is 4.90 Å². The number of aryl methyl sites for hydroxylation is 1. The third-order valence-corrected chi connectivity index (χ3v) is 3.88. The van der Waals surface area contributed by atoms with Gasteiger partial charge in [-0.1, -0.05) is 13.8 Å². The minimum Gasteiger partial charge on any atom is -0.481 e. The van der Waals surface area contributed by atoms with Crippen molar-refractivity contribution >= 4 is 11.9 Å². The highest BCUT2D eigenvalue weighted by molar-refractivity contribution is 5.76. The topological polar surface area (TPSA) is 66.3 Å². The largest absolute Gasteiger partial charge is 0.481 e. The average Bonchev–Trinajstić information content (AvgIpc) is 2.76. The van der Waals surface area contributed by atoms with Crippen LogP contribution in [0.3, 0.4) is 0 Å². The van der Waals surface area contributed by atoms with Gasteiger partial charge in [-0.2, -0.15) is 0 Å². The summed E-state index contributed by atoms with van der Waals surface area (Å²) in [5, 5.41) is 9.48. The summed E-state index contributed by atoms with van der Waals surface area (Å²) in [6, 6.07) is 0. The molecule has 1 atom stereocenters. The number of carbonyl (C=O) groups is 1. The van der Waals surface area contributed by atoms with Crippen LogP contribution >= 0.6 is 0 Å². The van der Waals surface area contributed by atoms with Crippen molar-refractivity contribution in [2.24, 2.45) is 11.3 Å². The van der Waals surface area contributed by atoms with Gasteiger partial charge in [0.05, 0.1) is 5.41 Å². The molecule has 0 saturated carbocycles. The first-order valence-corrected chi connectivity index (χ1v) is 6.23. The van der Waals surface area contributed by atoms with Crippen LogP contribution in [0.15, 0.2) is 12.4 Å². The molecule has 18 heavy (non-hydrogen) atoms. The second-order valence-electron chi connectivity index (χ2n) is 5.35. The highest BCUT2D eigenvalue weighted by Gasteiger charge is 2.47. The lowest BCUT2D eigenvalue weighted by Gasteiger charge is -2.28. The van der Waals surface area contributed by atoms with Crippen LogP contribution in [0.5, 0.6) is 0 Å². The van der Waals surface area contributed by atoms with Gasteiger partial charge in [0, 0.05) is 25.5 Å². The summed E-state index contributed by atoms with van der Waals surface area (Å²) in [4.78, 5) is 22.0. The predicted octanol–water partition coefficient (Wildman–Crippen LogP) is 1.72. The second-order valence-corrected chi connectivity index (χ2v) is 5.35. The summed E-state index contributed by atoms with van der Waals surface area (Å²) in [5.74, 6) is 0.0157. The molecule has 1 aromatic heterocycles. The molecule has 1 fully saturated rings. The van der Waals surface area contributed by atoms with Crippen molar-refractivity contribution in [3.8, 4) is 0 Å². The minimum absolute atomic E-state index is 0.102. The third kappa shape index (κ3) is 2.05. The Hall–Kier alpha value is -1.65. The van der Waals surface area contributed by atoms with Crippen molar-refractivity contribution in [2.75, 3.05) is 18.0 Å². The zero-order chi connectivity index (χ0) is 13.3. The number of aromatic nitrogens is 2. The molecule has 0 radical (unpaired) electrons. The lowest BCUT2D eigenvalue weighted by molar-refractivity contribution is -0.150.